The van der Waals surface area contributed by atoms with E-state index in [9.17, 15) is 13.8 Å². The van der Waals surface area contributed by atoms with Gasteiger partial charge in [0.1, 0.15) is 5.25 Å². The van der Waals surface area contributed by atoms with Gasteiger partial charge in [-0.1, -0.05) is 6.92 Å². The van der Waals surface area contributed by atoms with Crippen molar-refractivity contribution < 1.29 is 13.8 Å². The van der Waals surface area contributed by atoms with Crippen molar-refractivity contribution in [3.63, 3.8) is 0 Å². The molecule has 0 aromatic rings. The number of carbonyl (C=O) groups excluding carboxylic acids is 2. The van der Waals surface area contributed by atoms with Crippen LogP contribution in [0.1, 0.15) is 27.2 Å². The Bertz CT molecular complexity index is 297. The first kappa shape index (κ1) is 16.1. The molecular weight excluding hydrogens is 242 g/mol. The largest absolute Gasteiger partial charge is 0.338 e. The van der Waals surface area contributed by atoms with Crippen LogP contribution in [0.2, 0.25) is 0 Å². The van der Waals surface area contributed by atoms with E-state index in [0.717, 1.165) is 0 Å². The van der Waals surface area contributed by atoms with Gasteiger partial charge in [0.2, 0.25) is 5.91 Å². The summed E-state index contributed by atoms with van der Waals surface area (Å²) in [6.45, 7) is 5.92. The molecule has 3 amide bonds. The van der Waals surface area contributed by atoms with Gasteiger partial charge in [-0.3, -0.25) is 14.3 Å². The van der Waals surface area contributed by atoms with Gasteiger partial charge in [0.15, 0.2) is 0 Å². The van der Waals surface area contributed by atoms with E-state index in [1.54, 1.807) is 13.8 Å². The predicted octanol–water partition coefficient (Wildman–Crippen LogP) is -0.293. The van der Waals surface area contributed by atoms with E-state index in [4.69, 9.17) is 5.73 Å². The van der Waals surface area contributed by atoms with Crippen LogP contribution in [0.25, 0.3) is 0 Å². The molecule has 0 aliphatic carbocycles. The zero-order valence-electron chi connectivity index (χ0n) is 10.5. The van der Waals surface area contributed by atoms with Gasteiger partial charge in [-0.15, -0.1) is 0 Å². The van der Waals surface area contributed by atoms with Gasteiger partial charge in [-0.05, 0) is 26.8 Å². The van der Waals surface area contributed by atoms with E-state index in [1.807, 2.05) is 0 Å². The number of carbonyl (C=O) groups is 2. The number of hydrogen-bond donors (Lipinski definition) is 3. The van der Waals surface area contributed by atoms with E-state index >= 15 is 0 Å². The van der Waals surface area contributed by atoms with Crippen LogP contribution in [0.15, 0.2) is 0 Å². The monoisotopic (exact) mass is 263 g/mol. The number of nitrogens with one attached hydrogen (secondary N) is 2. The van der Waals surface area contributed by atoms with Crippen molar-refractivity contribution in [3.8, 4) is 0 Å². The quantitative estimate of drug-likeness (QED) is 0.612. The molecule has 0 radical (unpaired) electrons. The van der Waals surface area contributed by atoms with Crippen molar-refractivity contribution >= 4 is 22.7 Å². The van der Waals surface area contributed by atoms with Gasteiger partial charge in [0.25, 0.3) is 0 Å². The molecule has 3 unspecified atom stereocenters. The van der Waals surface area contributed by atoms with Gasteiger partial charge < -0.3 is 11.1 Å². The van der Waals surface area contributed by atoms with Gasteiger partial charge in [-0.25, -0.2) is 4.79 Å². The van der Waals surface area contributed by atoms with Crippen molar-refractivity contribution in [1.82, 2.24) is 10.6 Å². The lowest BCUT2D eigenvalue weighted by atomic mass is 10.3. The standard InChI is InChI=1S/C10H21N3O3S/c1-4-12-10(15)13-9(14)8(3)17(16)7(2)5-6-11/h7-8H,4-6,11H2,1-3H3,(H2,12,13,14,15). The lowest BCUT2D eigenvalue weighted by Crippen LogP contribution is -2.45. The molecule has 7 heteroatoms. The molecular formula is C10H21N3O3S. The molecule has 0 fully saturated rings. The molecule has 0 aromatic carbocycles. The minimum atomic E-state index is -1.33. The second-order valence-corrected chi connectivity index (χ2v) is 5.88. The molecule has 4 N–H and O–H groups in total. The number of hydrogen-bond acceptors (Lipinski definition) is 4. The zero-order valence-corrected chi connectivity index (χ0v) is 11.3. The highest BCUT2D eigenvalue weighted by Crippen LogP contribution is 2.07. The van der Waals surface area contributed by atoms with Crippen LogP contribution in [0.3, 0.4) is 0 Å². The smallest absolute Gasteiger partial charge is 0.321 e. The van der Waals surface area contributed by atoms with E-state index in [2.05, 4.69) is 10.6 Å². The lowest BCUT2D eigenvalue weighted by molar-refractivity contribution is -0.119. The number of amides is 3. The summed E-state index contributed by atoms with van der Waals surface area (Å²) in [5.41, 5.74) is 5.36. The molecule has 6 nitrogen and oxygen atoms in total. The summed E-state index contributed by atoms with van der Waals surface area (Å²) in [5.74, 6) is -0.529. The minimum Gasteiger partial charge on any atom is -0.338 e. The third-order valence-corrected chi connectivity index (χ3v) is 4.20. The third-order valence-electron chi connectivity index (χ3n) is 2.26. The summed E-state index contributed by atoms with van der Waals surface area (Å²) in [7, 11) is -1.33. The average molecular weight is 263 g/mol. The molecule has 0 aromatic heterocycles. The Morgan fingerprint density at radius 1 is 1.35 bits per heavy atom. The number of rotatable bonds is 6. The van der Waals surface area contributed by atoms with Crippen LogP contribution >= 0.6 is 0 Å². The van der Waals surface area contributed by atoms with Crippen LogP contribution in [-0.4, -0.2) is 39.7 Å². The first-order valence-electron chi connectivity index (χ1n) is 5.62. The highest BCUT2D eigenvalue weighted by molar-refractivity contribution is 7.87. The first-order valence-corrected chi connectivity index (χ1v) is 6.89. The molecule has 17 heavy (non-hydrogen) atoms. The zero-order chi connectivity index (χ0) is 13.4. The van der Waals surface area contributed by atoms with Gasteiger partial charge in [0.05, 0.1) is 0 Å². The van der Waals surface area contributed by atoms with Gasteiger partial charge in [0, 0.05) is 22.6 Å². The van der Waals surface area contributed by atoms with Crippen LogP contribution in [-0.2, 0) is 15.6 Å². The van der Waals surface area contributed by atoms with E-state index in [-0.39, 0.29) is 5.25 Å². The summed E-state index contributed by atoms with van der Waals surface area (Å²) in [6, 6.07) is -0.562. The molecule has 100 valence electrons. The molecule has 0 saturated carbocycles. The normalized spacial score (nSPS) is 15.8. The fraction of sp³-hybridized carbons (Fsp3) is 0.800. The molecule has 0 spiro atoms. The molecule has 0 rings (SSSR count). The number of imide groups is 1. The molecule has 0 saturated heterocycles. The fourth-order valence-corrected chi connectivity index (χ4v) is 2.56. The maximum Gasteiger partial charge on any atom is 0.321 e. The van der Waals surface area contributed by atoms with Crippen molar-refractivity contribution in [2.24, 2.45) is 5.73 Å². The maximum atomic E-state index is 11.9. The first-order chi connectivity index (χ1) is 7.93. The molecule has 0 aliphatic heterocycles. The van der Waals surface area contributed by atoms with Crippen molar-refractivity contribution in [1.29, 1.82) is 0 Å². The second kappa shape index (κ2) is 8.19. The highest BCUT2D eigenvalue weighted by Gasteiger charge is 2.25. The van der Waals surface area contributed by atoms with Crippen LogP contribution in [0.5, 0.6) is 0 Å². The van der Waals surface area contributed by atoms with E-state index in [0.29, 0.717) is 19.5 Å². The minimum absolute atomic E-state index is 0.157. The third kappa shape index (κ3) is 5.78. The number of nitrogens with two attached hydrogens (primary N) is 1. The topological polar surface area (TPSA) is 101 Å². The molecule has 0 aliphatic rings. The van der Waals surface area contributed by atoms with Crippen molar-refractivity contribution in [3.05, 3.63) is 0 Å². The summed E-state index contributed by atoms with van der Waals surface area (Å²) < 4.78 is 11.9. The summed E-state index contributed by atoms with van der Waals surface area (Å²) >= 11 is 0. The van der Waals surface area contributed by atoms with E-state index < -0.39 is 28.0 Å². The summed E-state index contributed by atoms with van der Waals surface area (Å²) in [4.78, 5) is 22.7. The highest BCUT2D eigenvalue weighted by atomic mass is 32.2. The Balaban J connectivity index is 4.29. The molecule has 3 atom stereocenters. The Kier molecular flexibility index (Phi) is 7.73. The fourth-order valence-electron chi connectivity index (χ4n) is 1.22. The Labute approximate surface area is 104 Å². The second-order valence-electron chi connectivity index (χ2n) is 3.71. The van der Waals surface area contributed by atoms with Crippen LogP contribution in [0.4, 0.5) is 4.79 Å². The van der Waals surface area contributed by atoms with Gasteiger partial charge in [-0.2, -0.15) is 0 Å². The average Bonchev–Trinajstić information content (AvgIpc) is 2.27. The molecule has 0 bridgehead atoms. The lowest BCUT2D eigenvalue weighted by Gasteiger charge is -2.16. The Hall–Kier alpha value is -0.950. The Morgan fingerprint density at radius 2 is 1.94 bits per heavy atom. The van der Waals surface area contributed by atoms with Crippen LogP contribution < -0.4 is 16.4 Å². The predicted molar refractivity (Wildman–Crippen MR) is 68.0 cm³/mol. The SMILES string of the molecule is CCNC(=O)NC(=O)C(C)S(=O)C(C)CCN. The Morgan fingerprint density at radius 3 is 2.41 bits per heavy atom. The molecule has 0 heterocycles. The number of urea groups is 1. The van der Waals surface area contributed by atoms with Crippen LogP contribution in [0, 0.1) is 0 Å². The summed E-state index contributed by atoms with van der Waals surface area (Å²) in [6.07, 6.45) is 0.589. The summed E-state index contributed by atoms with van der Waals surface area (Å²) in [5, 5.41) is 3.70. The van der Waals surface area contributed by atoms with Gasteiger partial charge >= 0.3 is 6.03 Å². The van der Waals surface area contributed by atoms with Crippen molar-refractivity contribution in [2.45, 2.75) is 37.7 Å². The van der Waals surface area contributed by atoms with E-state index in [1.165, 1.54) is 6.92 Å². The maximum absolute atomic E-state index is 11.9. The van der Waals surface area contributed by atoms with Crippen molar-refractivity contribution in [2.75, 3.05) is 13.1 Å².